The summed E-state index contributed by atoms with van der Waals surface area (Å²) in [6, 6.07) is 10.6. The van der Waals surface area contributed by atoms with Crippen LogP contribution in [0.25, 0.3) is 0 Å². The molecule has 0 radical (unpaired) electrons. The van der Waals surface area contributed by atoms with E-state index in [1.54, 1.807) is 7.05 Å². The van der Waals surface area contributed by atoms with Crippen molar-refractivity contribution in [3.8, 4) is 0 Å². The van der Waals surface area contributed by atoms with Crippen LogP contribution in [-0.2, 0) is 13.6 Å². The van der Waals surface area contributed by atoms with E-state index in [2.05, 4.69) is 39.8 Å². The summed E-state index contributed by atoms with van der Waals surface area (Å²) in [4.78, 5) is 1.46. The maximum absolute atomic E-state index is 4.11. The van der Waals surface area contributed by atoms with E-state index in [0.29, 0.717) is 12.4 Å². The van der Waals surface area contributed by atoms with Gasteiger partial charge >= 0.3 is 0 Å². The van der Waals surface area contributed by atoms with Crippen LogP contribution in [0, 0.1) is 0 Å². The highest BCUT2D eigenvalue weighted by Crippen LogP contribution is 2.11. The molecule has 0 aliphatic rings. The number of rotatable bonds is 4. The lowest BCUT2D eigenvalue weighted by Crippen LogP contribution is -2.18. The number of hydrogen-bond donors (Lipinski definition) is 1. The number of aryl methyl sites for hydroxylation is 1. The maximum atomic E-state index is 4.11. The quantitative estimate of drug-likeness (QED) is 0.832. The van der Waals surface area contributed by atoms with Gasteiger partial charge in [-0.25, -0.2) is 0 Å². The van der Waals surface area contributed by atoms with E-state index < -0.39 is 0 Å². The second kappa shape index (κ2) is 4.85. The monoisotopic (exact) mass is 217 g/mol. The first-order valence-corrected chi connectivity index (χ1v) is 5.27. The molecule has 1 aromatic carbocycles. The van der Waals surface area contributed by atoms with Crippen LogP contribution < -0.4 is 5.32 Å². The summed E-state index contributed by atoms with van der Waals surface area (Å²) in [6.07, 6.45) is 0. The number of nitrogens with one attached hydrogen (secondary N) is 1. The average Bonchev–Trinajstić information content (AvgIpc) is 2.73. The second-order valence-electron chi connectivity index (χ2n) is 3.71. The van der Waals surface area contributed by atoms with Gasteiger partial charge in [0.25, 0.3) is 0 Å². The Kier molecular flexibility index (Phi) is 3.26. The molecule has 16 heavy (non-hydrogen) atoms. The largest absolute Gasteiger partial charge is 0.303 e. The number of tetrazole rings is 1. The lowest BCUT2D eigenvalue weighted by Gasteiger charge is -2.12. The Morgan fingerprint density at radius 1 is 1.31 bits per heavy atom. The minimum Gasteiger partial charge on any atom is -0.303 e. The van der Waals surface area contributed by atoms with Crippen molar-refractivity contribution in [2.24, 2.45) is 7.05 Å². The van der Waals surface area contributed by atoms with Crippen LogP contribution in [0.15, 0.2) is 30.3 Å². The molecule has 1 atom stereocenters. The topological polar surface area (TPSA) is 55.6 Å². The Hall–Kier alpha value is -1.75. The lowest BCUT2D eigenvalue weighted by molar-refractivity contribution is 0.555. The Morgan fingerprint density at radius 3 is 2.69 bits per heavy atom. The molecule has 0 bridgehead atoms. The van der Waals surface area contributed by atoms with Crippen LogP contribution >= 0.6 is 0 Å². The lowest BCUT2D eigenvalue weighted by atomic mass is 10.1. The summed E-state index contributed by atoms with van der Waals surface area (Å²) in [5.41, 5.74) is 1.26. The molecule has 5 heteroatoms. The van der Waals surface area contributed by atoms with Crippen molar-refractivity contribution < 1.29 is 0 Å². The molecule has 0 aliphatic carbocycles. The standard InChI is InChI=1S/C11H15N5/c1-9(10-6-4-3-5-7-10)12-8-11-13-15-16(2)14-11/h3-7,9,12H,8H2,1-2H3/t9-/m1/s1. The minimum absolute atomic E-state index is 0.282. The molecule has 0 fully saturated rings. The number of benzene rings is 1. The van der Waals surface area contributed by atoms with Crippen LogP contribution in [-0.4, -0.2) is 20.2 Å². The van der Waals surface area contributed by atoms with Gasteiger partial charge < -0.3 is 5.32 Å². The smallest absolute Gasteiger partial charge is 0.188 e. The van der Waals surface area contributed by atoms with Gasteiger partial charge in [0.1, 0.15) is 0 Å². The maximum Gasteiger partial charge on any atom is 0.188 e. The van der Waals surface area contributed by atoms with Gasteiger partial charge in [-0.3, -0.25) is 0 Å². The first-order valence-electron chi connectivity index (χ1n) is 5.27. The molecule has 0 saturated carbocycles. The fraction of sp³-hybridized carbons (Fsp3) is 0.364. The molecule has 0 saturated heterocycles. The Balaban J connectivity index is 1.91. The molecular formula is C11H15N5. The van der Waals surface area contributed by atoms with Gasteiger partial charge in [-0.1, -0.05) is 30.3 Å². The molecule has 2 aromatic rings. The van der Waals surface area contributed by atoms with Crippen molar-refractivity contribution >= 4 is 0 Å². The Morgan fingerprint density at radius 2 is 2.06 bits per heavy atom. The van der Waals surface area contributed by atoms with Crippen molar-refractivity contribution in [3.63, 3.8) is 0 Å². The Bertz CT molecular complexity index is 437. The van der Waals surface area contributed by atoms with Gasteiger partial charge in [0, 0.05) is 6.04 Å². The van der Waals surface area contributed by atoms with Gasteiger partial charge in [-0.05, 0) is 17.7 Å². The molecule has 1 aromatic heterocycles. The van der Waals surface area contributed by atoms with Crippen LogP contribution in [0.2, 0.25) is 0 Å². The van der Waals surface area contributed by atoms with Gasteiger partial charge in [-0.2, -0.15) is 4.80 Å². The van der Waals surface area contributed by atoms with E-state index in [9.17, 15) is 0 Å². The predicted octanol–water partition coefficient (Wildman–Crippen LogP) is 1.06. The van der Waals surface area contributed by atoms with E-state index in [0.717, 1.165) is 0 Å². The third kappa shape index (κ3) is 2.64. The molecule has 84 valence electrons. The van der Waals surface area contributed by atoms with Crippen molar-refractivity contribution in [2.75, 3.05) is 0 Å². The van der Waals surface area contributed by atoms with E-state index in [1.807, 2.05) is 18.2 Å². The average molecular weight is 217 g/mol. The van der Waals surface area contributed by atoms with Crippen LogP contribution in [0.3, 0.4) is 0 Å². The molecular weight excluding hydrogens is 202 g/mol. The summed E-state index contributed by atoms with van der Waals surface area (Å²) in [5.74, 6) is 0.713. The van der Waals surface area contributed by atoms with Crippen molar-refractivity contribution in [2.45, 2.75) is 19.5 Å². The molecule has 0 amide bonds. The zero-order valence-corrected chi connectivity index (χ0v) is 9.46. The number of nitrogens with zero attached hydrogens (tertiary/aromatic N) is 4. The fourth-order valence-corrected chi connectivity index (χ4v) is 1.50. The summed E-state index contributed by atoms with van der Waals surface area (Å²) >= 11 is 0. The molecule has 5 nitrogen and oxygen atoms in total. The highest BCUT2D eigenvalue weighted by molar-refractivity contribution is 5.17. The normalized spacial score (nSPS) is 12.6. The highest BCUT2D eigenvalue weighted by Gasteiger charge is 2.06. The third-order valence-corrected chi connectivity index (χ3v) is 2.42. The SMILES string of the molecule is C[C@@H](NCc1nnn(C)n1)c1ccccc1. The van der Waals surface area contributed by atoms with E-state index in [4.69, 9.17) is 0 Å². The Labute approximate surface area is 94.5 Å². The third-order valence-electron chi connectivity index (χ3n) is 2.42. The molecule has 0 spiro atoms. The summed E-state index contributed by atoms with van der Waals surface area (Å²) in [6.45, 7) is 2.75. The number of hydrogen-bond acceptors (Lipinski definition) is 4. The van der Waals surface area contributed by atoms with Gasteiger partial charge in [-0.15, -0.1) is 10.2 Å². The van der Waals surface area contributed by atoms with Crippen LogP contribution in [0.5, 0.6) is 0 Å². The summed E-state index contributed by atoms with van der Waals surface area (Å²) < 4.78 is 0. The van der Waals surface area contributed by atoms with E-state index in [-0.39, 0.29) is 6.04 Å². The molecule has 1 N–H and O–H groups in total. The predicted molar refractivity (Wildman–Crippen MR) is 60.5 cm³/mol. The zero-order valence-electron chi connectivity index (χ0n) is 9.46. The van der Waals surface area contributed by atoms with Crippen molar-refractivity contribution in [1.82, 2.24) is 25.5 Å². The second-order valence-corrected chi connectivity index (χ2v) is 3.71. The molecule has 2 rings (SSSR count). The molecule has 1 heterocycles. The first-order chi connectivity index (χ1) is 7.75. The molecule has 0 unspecified atom stereocenters. The van der Waals surface area contributed by atoms with Gasteiger partial charge in [0.2, 0.25) is 0 Å². The summed E-state index contributed by atoms with van der Waals surface area (Å²) in [7, 11) is 1.76. The minimum atomic E-state index is 0.282. The van der Waals surface area contributed by atoms with E-state index in [1.165, 1.54) is 10.4 Å². The van der Waals surface area contributed by atoms with Gasteiger partial charge in [0.05, 0.1) is 13.6 Å². The van der Waals surface area contributed by atoms with Gasteiger partial charge in [0.15, 0.2) is 5.82 Å². The first kappa shape index (κ1) is 10.8. The fourth-order valence-electron chi connectivity index (χ4n) is 1.50. The van der Waals surface area contributed by atoms with Crippen molar-refractivity contribution in [3.05, 3.63) is 41.7 Å². The zero-order chi connectivity index (χ0) is 11.4. The molecule has 0 aliphatic heterocycles. The van der Waals surface area contributed by atoms with Crippen molar-refractivity contribution in [1.29, 1.82) is 0 Å². The highest BCUT2D eigenvalue weighted by atomic mass is 15.6. The van der Waals surface area contributed by atoms with Crippen LogP contribution in [0.1, 0.15) is 24.4 Å². The van der Waals surface area contributed by atoms with E-state index >= 15 is 0 Å². The summed E-state index contributed by atoms with van der Waals surface area (Å²) in [5, 5.41) is 15.2. The van der Waals surface area contributed by atoms with Crippen LogP contribution in [0.4, 0.5) is 0 Å². The number of aromatic nitrogens is 4.